The Morgan fingerprint density at radius 1 is 1.03 bits per heavy atom. The summed E-state index contributed by atoms with van der Waals surface area (Å²) < 4.78 is 17.4. The second-order valence-corrected chi connectivity index (χ2v) is 7.51. The highest BCUT2D eigenvalue weighted by Crippen LogP contribution is 2.27. The van der Waals surface area contributed by atoms with Gasteiger partial charge in [-0.3, -0.25) is 9.59 Å². The summed E-state index contributed by atoms with van der Waals surface area (Å²) in [6.45, 7) is 1.52. The van der Waals surface area contributed by atoms with Crippen LogP contribution in [0.5, 0.6) is 17.2 Å². The van der Waals surface area contributed by atoms with E-state index in [-0.39, 0.29) is 18.1 Å². The van der Waals surface area contributed by atoms with Crippen LogP contribution in [0.15, 0.2) is 76.6 Å². The topological polar surface area (TPSA) is 104 Å². The summed E-state index contributed by atoms with van der Waals surface area (Å²) in [6.07, 6.45) is 1.54. The van der Waals surface area contributed by atoms with Gasteiger partial charge in [0, 0.05) is 5.69 Å². The van der Waals surface area contributed by atoms with E-state index in [9.17, 15) is 9.59 Å². The molecule has 0 aliphatic heterocycles. The molecule has 0 bridgehead atoms. The van der Waals surface area contributed by atoms with E-state index in [0.717, 1.165) is 0 Å². The van der Waals surface area contributed by atoms with Crippen LogP contribution in [-0.4, -0.2) is 42.6 Å². The van der Waals surface area contributed by atoms with E-state index in [2.05, 4.69) is 15.4 Å². The van der Waals surface area contributed by atoms with Gasteiger partial charge in [-0.2, -0.15) is 9.78 Å². The largest absolute Gasteiger partial charge is 0.497 e. The summed E-state index contributed by atoms with van der Waals surface area (Å²) in [4.78, 5) is 29.5. The summed E-state index contributed by atoms with van der Waals surface area (Å²) >= 11 is 0. The quantitative estimate of drug-likeness (QED) is 0.393. The molecule has 0 fully saturated rings. The smallest absolute Gasteiger partial charge is 0.282 e. The molecule has 35 heavy (non-hydrogen) atoms. The van der Waals surface area contributed by atoms with E-state index in [0.29, 0.717) is 45.2 Å². The second kappa shape index (κ2) is 10.5. The third-order valence-electron chi connectivity index (χ3n) is 5.16. The Kier molecular flexibility index (Phi) is 7.06. The lowest BCUT2D eigenvalue weighted by Gasteiger charge is -2.12. The summed E-state index contributed by atoms with van der Waals surface area (Å²) in [6, 6.07) is 19.2. The summed E-state index contributed by atoms with van der Waals surface area (Å²) in [5.74, 6) is 1.67. The molecule has 0 saturated carbocycles. The van der Waals surface area contributed by atoms with E-state index in [1.807, 2.05) is 6.07 Å². The monoisotopic (exact) mass is 472 g/mol. The highest BCUT2D eigenvalue weighted by molar-refractivity contribution is 5.92. The Bertz CT molecular complexity index is 1440. The Morgan fingerprint density at radius 2 is 1.80 bits per heavy atom. The molecule has 4 rings (SSSR count). The molecule has 9 nitrogen and oxygen atoms in total. The highest BCUT2D eigenvalue weighted by Gasteiger charge is 2.10. The molecular formula is C26H24N4O5. The molecule has 1 amide bonds. The summed E-state index contributed by atoms with van der Waals surface area (Å²) in [5.41, 5.74) is 1.68. The van der Waals surface area contributed by atoms with Gasteiger partial charge in [-0.25, -0.2) is 4.98 Å². The SMILES string of the molecule is COc1ccc(NC(=O)COc2ccc(C=Nn3c(C)nc4ccccc4c3=O)cc2OC)cc1. The molecule has 9 heteroatoms. The number of aryl methyl sites for hydroxylation is 1. The van der Waals surface area contributed by atoms with Gasteiger partial charge < -0.3 is 19.5 Å². The maximum atomic E-state index is 12.8. The first-order chi connectivity index (χ1) is 17.0. The number of amides is 1. The molecule has 0 saturated heterocycles. The first-order valence-corrected chi connectivity index (χ1v) is 10.8. The first kappa shape index (κ1) is 23.5. The molecule has 178 valence electrons. The number of methoxy groups -OCH3 is 2. The fraction of sp³-hybridized carbons (Fsp3) is 0.154. The van der Waals surface area contributed by atoms with Crippen LogP contribution in [0.4, 0.5) is 5.69 Å². The number of aromatic nitrogens is 2. The number of hydrogen-bond acceptors (Lipinski definition) is 7. The van der Waals surface area contributed by atoms with Gasteiger partial charge in [0.25, 0.3) is 11.5 Å². The second-order valence-electron chi connectivity index (χ2n) is 7.51. The average molecular weight is 473 g/mol. The average Bonchev–Trinajstić information content (AvgIpc) is 2.88. The number of benzene rings is 3. The van der Waals surface area contributed by atoms with Crippen molar-refractivity contribution in [3.05, 3.63) is 88.5 Å². The number of rotatable bonds is 8. The zero-order valence-corrected chi connectivity index (χ0v) is 19.5. The molecule has 0 atom stereocenters. The molecule has 0 spiro atoms. The van der Waals surface area contributed by atoms with E-state index < -0.39 is 0 Å². The molecule has 1 aromatic heterocycles. The molecule has 0 aliphatic rings. The van der Waals surface area contributed by atoms with Crippen molar-refractivity contribution in [2.24, 2.45) is 5.10 Å². The van der Waals surface area contributed by atoms with Crippen LogP contribution in [-0.2, 0) is 4.79 Å². The number of nitrogens with zero attached hydrogens (tertiary/aromatic N) is 3. The van der Waals surface area contributed by atoms with Crippen LogP contribution in [0.25, 0.3) is 10.9 Å². The van der Waals surface area contributed by atoms with Gasteiger partial charge in [0.2, 0.25) is 0 Å². The number of carbonyl (C=O) groups is 1. The minimum Gasteiger partial charge on any atom is -0.497 e. The van der Waals surface area contributed by atoms with Gasteiger partial charge in [-0.15, -0.1) is 0 Å². The van der Waals surface area contributed by atoms with Crippen molar-refractivity contribution in [2.45, 2.75) is 6.92 Å². The highest BCUT2D eigenvalue weighted by atomic mass is 16.5. The van der Waals surface area contributed by atoms with Gasteiger partial charge in [0.1, 0.15) is 11.6 Å². The molecule has 1 heterocycles. The maximum absolute atomic E-state index is 12.8. The molecule has 0 aliphatic carbocycles. The van der Waals surface area contributed by atoms with Crippen LogP contribution in [0.3, 0.4) is 0 Å². The number of nitrogens with one attached hydrogen (secondary N) is 1. The van der Waals surface area contributed by atoms with Crippen molar-refractivity contribution in [2.75, 3.05) is 26.1 Å². The Morgan fingerprint density at radius 3 is 2.54 bits per heavy atom. The Labute approximate surface area is 201 Å². The molecule has 0 unspecified atom stereocenters. The number of para-hydroxylation sites is 1. The fourth-order valence-electron chi connectivity index (χ4n) is 3.39. The number of carbonyl (C=O) groups excluding carboxylic acids is 1. The third kappa shape index (κ3) is 5.47. The fourth-order valence-corrected chi connectivity index (χ4v) is 3.39. The third-order valence-corrected chi connectivity index (χ3v) is 5.16. The van der Waals surface area contributed by atoms with Gasteiger partial charge in [0.15, 0.2) is 18.1 Å². The van der Waals surface area contributed by atoms with E-state index in [4.69, 9.17) is 14.2 Å². The van der Waals surface area contributed by atoms with Crippen molar-refractivity contribution in [1.29, 1.82) is 0 Å². The number of hydrogen-bond donors (Lipinski definition) is 1. The lowest BCUT2D eigenvalue weighted by Crippen LogP contribution is -2.20. The molecule has 0 radical (unpaired) electrons. The van der Waals surface area contributed by atoms with Crippen molar-refractivity contribution in [1.82, 2.24) is 9.66 Å². The summed E-state index contributed by atoms with van der Waals surface area (Å²) in [5, 5.41) is 7.56. The van der Waals surface area contributed by atoms with Crippen LogP contribution in [0, 0.1) is 6.92 Å². The van der Waals surface area contributed by atoms with Gasteiger partial charge in [0.05, 0.1) is 31.3 Å². The summed E-state index contributed by atoms with van der Waals surface area (Å²) in [7, 11) is 3.08. The molecule has 3 aromatic carbocycles. The van der Waals surface area contributed by atoms with Crippen molar-refractivity contribution in [3.63, 3.8) is 0 Å². The molecule has 4 aromatic rings. The Hall–Kier alpha value is -4.66. The zero-order chi connectivity index (χ0) is 24.8. The lowest BCUT2D eigenvalue weighted by atomic mass is 10.2. The first-order valence-electron chi connectivity index (χ1n) is 10.8. The van der Waals surface area contributed by atoms with Crippen molar-refractivity contribution >= 4 is 28.7 Å². The predicted octanol–water partition coefficient (Wildman–Crippen LogP) is 3.62. The van der Waals surface area contributed by atoms with E-state index in [1.165, 1.54) is 18.0 Å². The van der Waals surface area contributed by atoms with Gasteiger partial charge >= 0.3 is 0 Å². The minimum atomic E-state index is -0.318. The Balaban J connectivity index is 1.45. The predicted molar refractivity (Wildman–Crippen MR) is 134 cm³/mol. The van der Waals surface area contributed by atoms with Crippen LogP contribution >= 0.6 is 0 Å². The maximum Gasteiger partial charge on any atom is 0.282 e. The van der Waals surface area contributed by atoms with Crippen LogP contribution < -0.4 is 25.1 Å². The standard InChI is InChI=1S/C26H24N4O5/c1-17-28-22-7-5-4-6-21(22)26(32)30(17)27-15-18-8-13-23(24(14-18)34-3)35-16-25(31)29-19-9-11-20(33-2)12-10-19/h4-15H,16H2,1-3H3,(H,29,31). The number of fused-ring (bicyclic) bond motifs is 1. The minimum absolute atomic E-state index is 0.201. The zero-order valence-electron chi connectivity index (χ0n) is 19.5. The lowest BCUT2D eigenvalue weighted by molar-refractivity contribution is -0.118. The molecule has 1 N–H and O–H groups in total. The van der Waals surface area contributed by atoms with Crippen molar-refractivity contribution in [3.8, 4) is 17.2 Å². The van der Waals surface area contributed by atoms with Gasteiger partial charge in [-0.05, 0) is 67.1 Å². The van der Waals surface area contributed by atoms with E-state index >= 15 is 0 Å². The van der Waals surface area contributed by atoms with Gasteiger partial charge in [-0.1, -0.05) is 12.1 Å². The normalized spacial score (nSPS) is 10.9. The van der Waals surface area contributed by atoms with Crippen molar-refractivity contribution < 1.29 is 19.0 Å². The molecular weight excluding hydrogens is 448 g/mol. The number of ether oxygens (including phenoxy) is 3. The van der Waals surface area contributed by atoms with E-state index in [1.54, 1.807) is 74.7 Å². The van der Waals surface area contributed by atoms with Crippen LogP contribution in [0.2, 0.25) is 0 Å². The number of anilines is 1. The van der Waals surface area contributed by atoms with Crippen LogP contribution in [0.1, 0.15) is 11.4 Å².